The Balaban J connectivity index is 1.96. The summed E-state index contributed by atoms with van der Waals surface area (Å²) in [5, 5.41) is 12.5. The molecule has 2 N–H and O–H groups in total. The highest BCUT2D eigenvalue weighted by molar-refractivity contribution is 5.87. The molecular formula is C17H26N2O2. The smallest absolute Gasteiger partial charge is 0.335 e. The summed E-state index contributed by atoms with van der Waals surface area (Å²) in [5.74, 6) is -0.867. The van der Waals surface area contributed by atoms with Gasteiger partial charge in [0, 0.05) is 25.2 Å². The summed E-state index contributed by atoms with van der Waals surface area (Å²) >= 11 is 0. The topological polar surface area (TPSA) is 52.6 Å². The third-order valence-corrected chi connectivity index (χ3v) is 4.18. The Bertz CT molecular complexity index is 450. The van der Waals surface area contributed by atoms with E-state index >= 15 is 0 Å². The molecule has 4 nitrogen and oxygen atoms in total. The molecule has 1 aromatic rings. The van der Waals surface area contributed by atoms with Crippen LogP contribution in [-0.2, 0) is 6.54 Å². The van der Waals surface area contributed by atoms with Gasteiger partial charge in [-0.3, -0.25) is 4.90 Å². The number of nitrogens with zero attached hydrogens (tertiary/aromatic N) is 1. The van der Waals surface area contributed by atoms with Crippen molar-refractivity contribution >= 4 is 5.97 Å². The molecule has 1 aliphatic rings. The maximum absolute atomic E-state index is 10.9. The van der Waals surface area contributed by atoms with Crippen molar-refractivity contribution in [3.8, 4) is 0 Å². The van der Waals surface area contributed by atoms with Crippen molar-refractivity contribution in [2.45, 2.75) is 51.7 Å². The number of carboxylic acid groups (broad SMARTS) is 1. The second kappa shape index (κ2) is 7.57. The highest BCUT2D eigenvalue weighted by Crippen LogP contribution is 2.14. The van der Waals surface area contributed by atoms with Crippen LogP contribution < -0.4 is 5.32 Å². The van der Waals surface area contributed by atoms with Gasteiger partial charge in [0.1, 0.15) is 0 Å². The first-order valence-corrected chi connectivity index (χ1v) is 7.86. The number of rotatable bonds is 6. The van der Waals surface area contributed by atoms with Crippen molar-refractivity contribution < 1.29 is 9.90 Å². The van der Waals surface area contributed by atoms with E-state index < -0.39 is 5.97 Å². The van der Waals surface area contributed by atoms with Crippen molar-refractivity contribution in [1.29, 1.82) is 0 Å². The molecule has 1 heterocycles. The summed E-state index contributed by atoms with van der Waals surface area (Å²) in [4.78, 5) is 13.3. The van der Waals surface area contributed by atoms with E-state index in [4.69, 9.17) is 5.11 Å². The number of hydrogen-bond donors (Lipinski definition) is 2. The molecule has 2 rings (SSSR count). The second-order valence-electron chi connectivity index (χ2n) is 6.17. The Labute approximate surface area is 127 Å². The van der Waals surface area contributed by atoms with E-state index in [-0.39, 0.29) is 0 Å². The maximum atomic E-state index is 10.9. The quantitative estimate of drug-likeness (QED) is 0.846. The van der Waals surface area contributed by atoms with Gasteiger partial charge < -0.3 is 10.4 Å². The van der Waals surface area contributed by atoms with E-state index in [9.17, 15) is 4.79 Å². The van der Waals surface area contributed by atoms with Crippen molar-refractivity contribution in [2.75, 3.05) is 13.1 Å². The molecule has 116 valence electrons. The lowest BCUT2D eigenvalue weighted by molar-refractivity contribution is 0.0697. The summed E-state index contributed by atoms with van der Waals surface area (Å²) in [6.45, 7) is 7.49. The Morgan fingerprint density at radius 3 is 2.57 bits per heavy atom. The number of carbonyl (C=O) groups is 1. The summed E-state index contributed by atoms with van der Waals surface area (Å²) < 4.78 is 0. The van der Waals surface area contributed by atoms with Gasteiger partial charge in [-0.05, 0) is 50.9 Å². The fraction of sp³-hybridized carbons (Fsp3) is 0.588. The molecule has 1 atom stereocenters. The predicted octanol–water partition coefficient (Wildman–Crippen LogP) is 2.74. The van der Waals surface area contributed by atoms with Crippen molar-refractivity contribution in [3.05, 3.63) is 35.4 Å². The summed E-state index contributed by atoms with van der Waals surface area (Å²) in [7, 11) is 0. The fourth-order valence-electron chi connectivity index (χ4n) is 2.81. The molecular weight excluding hydrogens is 264 g/mol. The fourth-order valence-corrected chi connectivity index (χ4v) is 2.81. The number of aromatic carboxylic acids is 1. The molecule has 0 saturated carbocycles. The zero-order chi connectivity index (χ0) is 15.2. The van der Waals surface area contributed by atoms with E-state index in [1.807, 2.05) is 12.1 Å². The van der Waals surface area contributed by atoms with Gasteiger partial charge in [0.05, 0.1) is 5.56 Å². The number of hydrogen-bond acceptors (Lipinski definition) is 3. The number of benzene rings is 1. The van der Waals surface area contributed by atoms with Gasteiger partial charge in [0.15, 0.2) is 0 Å². The first kappa shape index (κ1) is 16.0. The van der Waals surface area contributed by atoms with E-state index in [2.05, 4.69) is 24.1 Å². The third-order valence-electron chi connectivity index (χ3n) is 4.18. The normalized spacial score (nSPS) is 19.1. The van der Waals surface area contributed by atoms with E-state index in [0.29, 0.717) is 17.6 Å². The predicted molar refractivity (Wildman–Crippen MR) is 84.6 cm³/mol. The average Bonchev–Trinajstić information content (AvgIpc) is 2.48. The minimum Gasteiger partial charge on any atom is -0.478 e. The summed E-state index contributed by atoms with van der Waals surface area (Å²) in [6.07, 6.45) is 3.85. The molecule has 0 radical (unpaired) electrons. The van der Waals surface area contributed by atoms with Gasteiger partial charge in [-0.2, -0.15) is 0 Å². The molecule has 0 bridgehead atoms. The maximum Gasteiger partial charge on any atom is 0.335 e. The van der Waals surface area contributed by atoms with Crippen LogP contribution in [0.25, 0.3) is 0 Å². The molecule has 0 aromatic heterocycles. The minimum atomic E-state index is -0.867. The van der Waals surface area contributed by atoms with Gasteiger partial charge in [-0.15, -0.1) is 0 Å². The molecule has 0 aliphatic carbocycles. The van der Waals surface area contributed by atoms with Crippen LogP contribution in [0.5, 0.6) is 0 Å². The molecule has 1 aromatic carbocycles. The monoisotopic (exact) mass is 290 g/mol. The molecule has 1 saturated heterocycles. The van der Waals surface area contributed by atoms with Crippen LogP contribution in [0.1, 0.15) is 49.0 Å². The number of carboxylic acids is 1. The highest BCUT2D eigenvalue weighted by atomic mass is 16.4. The van der Waals surface area contributed by atoms with Crippen LogP contribution in [0.15, 0.2) is 24.3 Å². The van der Waals surface area contributed by atoms with Crippen molar-refractivity contribution in [2.24, 2.45) is 0 Å². The molecule has 4 heteroatoms. The minimum absolute atomic E-state index is 0.351. The van der Waals surface area contributed by atoms with Crippen molar-refractivity contribution in [3.63, 3.8) is 0 Å². The molecule has 21 heavy (non-hydrogen) atoms. The van der Waals surface area contributed by atoms with Gasteiger partial charge in [-0.1, -0.05) is 18.6 Å². The molecule has 1 unspecified atom stereocenters. The average molecular weight is 290 g/mol. The van der Waals surface area contributed by atoms with E-state index in [0.717, 1.165) is 19.6 Å². The zero-order valence-electron chi connectivity index (χ0n) is 13.0. The van der Waals surface area contributed by atoms with Crippen LogP contribution in [0.4, 0.5) is 0 Å². The number of piperidine rings is 1. The largest absolute Gasteiger partial charge is 0.478 e. The Hall–Kier alpha value is -1.39. The molecule has 1 fully saturated rings. The van der Waals surface area contributed by atoms with Crippen LogP contribution in [-0.4, -0.2) is 41.1 Å². The zero-order valence-corrected chi connectivity index (χ0v) is 13.0. The summed E-state index contributed by atoms with van der Waals surface area (Å²) in [6, 6.07) is 8.29. The first-order valence-electron chi connectivity index (χ1n) is 7.86. The molecule has 0 spiro atoms. The Kier molecular flexibility index (Phi) is 5.76. The molecule has 1 aliphatic heterocycles. The van der Waals surface area contributed by atoms with Gasteiger partial charge >= 0.3 is 5.97 Å². The summed E-state index contributed by atoms with van der Waals surface area (Å²) in [5.41, 5.74) is 1.52. The Morgan fingerprint density at radius 1 is 1.33 bits per heavy atom. The lowest BCUT2D eigenvalue weighted by Gasteiger charge is -2.33. The standard InChI is InChI=1S/C17H26N2O2/c1-13(2)19(12-16-5-3-4-10-18-16)11-14-6-8-15(9-7-14)17(20)21/h6-9,13,16,18H,3-5,10-12H2,1-2H3,(H,20,21). The van der Waals surface area contributed by atoms with Gasteiger partial charge in [0.2, 0.25) is 0 Å². The SMILES string of the molecule is CC(C)N(Cc1ccc(C(=O)O)cc1)CC1CCCCN1. The lowest BCUT2D eigenvalue weighted by Crippen LogP contribution is -2.45. The van der Waals surface area contributed by atoms with Gasteiger partial charge in [-0.25, -0.2) is 4.79 Å². The van der Waals surface area contributed by atoms with E-state index in [1.54, 1.807) is 12.1 Å². The number of nitrogens with one attached hydrogen (secondary N) is 1. The first-order chi connectivity index (χ1) is 10.1. The van der Waals surface area contributed by atoms with Crippen LogP contribution in [0.3, 0.4) is 0 Å². The van der Waals surface area contributed by atoms with Gasteiger partial charge in [0.25, 0.3) is 0 Å². The molecule has 0 amide bonds. The lowest BCUT2D eigenvalue weighted by atomic mass is 10.0. The van der Waals surface area contributed by atoms with Crippen LogP contribution in [0.2, 0.25) is 0 Å². The van der Waals surface area contributed by atoms with Crippen molar-refractivity contribution in [1.82, 2.24) is 10.2 Å². The van der Waals surface area contributed by atoms with E-state index in [1.165, 1.54) is 24.8 Å². The second-order valence-corrected chi connectivity index (χ2v) is 6.17. The van der Waals surface area contributed by atoms with Crippen LogP contribution >= 0.6 is 0 Å². The highest BCUT2D eigenvalue weighted by Gasteiger charge is 2.18. The van der Waals surface area contributed by atoms with Crippen LogP contribution in [0, 0.1) is 0 Å². The third kappa shape index (κ3) is 4.83. The Morgan fingerprint density at radius 2 is 2.05 bits per heavy atom.